The summed E-state index contributed by atoms with van der Waals surface area (Å²) in [7, 11) is 3.23. The lowest BCUT2D eigenvalue weighted by Gasteiger charge is -2.35. The van der Waals surface area contributed by atoms with Gasteiger partial charge in [-0.15, -0.1) is 0 Å². The number of hydrogen-bond donors (Lipinski definition) is 1. The van der Waals surface area contributed by atoms with Crippen molar-refractivity contribution in [1.82, 2.24) is 0 Å². The third-order valence-corrected chi connectivity index (χ3v) is 6.96. The van der Waals surface area contributed by atoms with E-state index in [1.54, 1.807) is 14.2 Å². The molecule has 38 heavy (non-hydrogen) atoms. The predicted molar refractivity (Wildman–Crippen MR) is 151 cm³/mol. The fraction of sp³-hybridized carbons (Fsp3) is 0.690. The van der Waals surface area contributed by atoms with Gasteiger partial charge in [0, 0.05) is 42.9 Å². The van der Waals surface area contributed by atoms with Crippen molar-refractivity contribution in [3.63, 3.8) is 0 Å². The monoisotopic (exact) mass is 602 g/mol. The molecular formula is C29H47BrO8. The van der Waals surface area contributed by atoms with Crippen LogP contribution in [0.25, 0.3) is 0 Å². The highest BCUT2D eigenvalue weighted by molar-refractivity contribution is 9.10. The Kier molecular flexibility index (Phi) is 18.2. The molecular weight excluding hydrogens is 556 g/mol. The van der Waals surface area contributed by atoms with Gasteiger partial charge in [-0.2, -0.15) is 0 Å². The molecule has 0 amide bonds. The molecule has 0 heterocycles. The minimum absolute atomic E-state index is 0.0126. The van der Waals surface area contributed by atoms with Crippen molar-refractivity contribution in [2.75, 3.05) is 60.8 Å². The molecule has 1 N–H and O–H groups in total. The predicted octanol–water partition coefficient (Wildman–Crippen LogP) is 5.05. The smallest absolute Gasteiger partial charge is 0.147 e. The average Bonchev–Trinajstić information content (AvgIpc) is 2.88. The highest BCUT2D eigenvalue weighted by atomic mass is 79.9. The molecule has 8 nitrogen and oxygen atoms in total. The Labute approximate surface area is 237 Å². The Morgan fingerprint density at radius 1 is 1.03 bits per heavy atom. The van der Waals surface area contributed by atoms with Crippen LogP contribution in [0.15, 0.2) is 40.4 Å². The molecule has 1 aromatic rings. The number of rotatable bonds is 22. The van der Waals surface area contributed by atoms with E-state index in [0.29, 0.717) is 33.0 Å². The largest absolute Gasteiger partial charge is 0.388 e. The molecule has 0 aromatic heterocycles. The molecule has 0 aliphatic carbocycles. The number of methoxy groups -OCH3 is 2. The minimum Gasteiger partial charge on any atom is -0.388 e. The van der Waals surface area contributed by atoms with Gasteiger partial charge in [-0.1, -0.05) is 54.9 Å². The van der Waals surface area contributed by atoms with Gasteiger partial charge in [0.1, 0.15) is 19.4 Å². The molecule has 9 heteroatoms. The second kappa shape index (κ2) is 19.8. The number of carbonyl (C=O) groups excluding carboxylic acids is 1. The van der Waals surface area contributed by atoms with Gasteiger partial charge in [-0.3, -0.25) is 4.79 Å². The highest BCUT2D eigenvalue weighted by Crippen LogP contribution is 2.33. The molecule has 0 saturated carbocycles. The highest BCUT2D eigenvalue weighted by Gasteiger charge is 2.34. The lowest BCUT2D eigenvalue weighted by Crippen LogP contribution is -2.39. The van der Waals surface area contributed by atoms with Crippen LogP contribution in [0.1, 0.15) is 52.5 Å². The second-order valence-electron chi connectivity index (χ2n) is 9.84. The number of Topliss-reactive ketones (excluding diaryl/α,β-unsaturated/α-hetero) is 1. The molecule has 1 aromatic carbocycles. The molecule has 1 rings (SSSR count). The zero-order valence-corrected chi connectivity index (χ0v) is 25.5. The fourth-order valence-corrected chi connectivity index (χ4v) is 4.22. The molecule has 0 unspecified atom stereocenters. The van der Waals surface area contributed by atoms with E-state index in [0.717, 1.165) is 22.0 Å². The maximum atomic E-state index is 13.1. The second-order valence-corrected chi connectivity index (χ2v) is 10.8. The standard InChI is InChI=1S/C29H47BrO8/c1-7-23(19-37-20-35-13-11-33-5)15-22(2)27(32)17-26(31)18-28(38-21-36-14-12-34-6)29(3,4)24-9-8-10-25(30)16-24/h8-10,15-16,23,27-28,32H,7,11-14,17-21H2,1-6H3/b22-15-/t23-,27-,28+/m1/s1. The first-order valence-corrected chi connectivity index (χ1v) is 13.9. The molecule has 0 bridgehead atoms. The van der Waals surface area contributed by atoms with Crippen LogP contribution < -0.4 is 0 Å². The first-order chi connectivity index (χ1) is 18.1. The van der Waals surface area contributed by atoms with Crippen molar-refractivity contribution in [3.8, 4) is 0 Å². The van der Waals surface area contributed by atoms with E-state index in [4.69, 9.17) is 28.4 Å². The molecule has 0 aliphatic heterocycles. The maximum absolute atomic E-state index is 13.1. The van der Waals surface area contributed by atoms with Crippen molar-refractivity contribution in [1.29, 1.82) is 0 Å². The minimum atomic E-state index is -0.873. The van der Waals surface area contributed by atoms with E-state index < -0.39 is 17.6 Å². The van der Waals surface area contributed by atoms with E-state index in [1.165, 1.54) is 0 Å². The Bertz CT molecular complexity index is 814. The lowest BCUT2D eigenvalue weighted by molar-refractivity contribution is -0.136. The number of halogens is 1. The Hall–Kier alpha value is -1.17. The van der Waals surface area contributed by atoms with Crippen LogP contribution in [0, 0.1) is 5.92 Å². The Morgan fingerprint density at radius 3 is 2.29 bits per heavy atom. The molecule has 0 fully saturated rings. The van der Waals surface area contributed by atoms with Crippen molar-refractivity contribution in [3.05, 3.63) is 46.0 Å². The van der Waals surface area contributed by atoms with Crippen molar-refractivity contribution in [2.24, 2.45) is 5.92 Å². The van der Waals surface area contributed by atoms with Gasteiger partial charge < -0.3 is 33.5 Å². The van der Waals surface area contributed by atoms with Crippen molar-refractivity contribution >= 4 is 21.7 Å². The third kappa shape index (κ3) is 13.8. The number of hydrogen-bond acceptors (Lipinski definition) is 8. The van der Waals surface area contributed by atoms with Crippen molar-refractivity contribution < 1.29 is 38.3 Å². The molecule has 0 radical (unpaired) electrons. The van der Waals surface area contributed by atoms with Crippen LogP contribution in [0.5, 0.6) is 0 Å². The number of aliphatic hydroxyl groups is 1. The summed E-state index contributed by atoms with van der Waals surface area (Å²) < 4.78 is 33.4. The van der Waals surface area contributed by atoms with E-state index in [2.05, 4.69) is 22.9 Å². The summed E-state index contributed by atoms with van der Waals surface area (Å²) in [5, 5.41) is 10.8. The summed E-state index contributed by atoms with van der Waals surface area (Å²) >= 11 is 3.53. The summed E-state index contributed by atoms with van der Waals surface area (Å²) in [5.74, 6) is 0.0348. The Balaban J connectivity index is 2.78. The first kappa shape index (κ1) is 34.9. The van der Waals surface area contributed by atoms with E-state index >= 15 is 0 Å². The van der Waals surface area contributed by atoms with E-state index in [-0.39, 0.29) is 38.1 Å². The van der Waals surface area contributed by atoms with Gasteiger partial charge in [0.15, 0.2) is 0 Å². The SMILES string of the molecule is CC[C@H](/C=C(/C)[C@H](O)CC(=O)C[C@H](OCOCCOC)C(C)(C)c1cccc(Br)c1)COCOCCOC. The van der Waals surface area contributed by atoms with Crippen LogP contribution in [-0.4, -0.2) is 83.9 Å². The summed E-state index contributed by atoms with van der Waals surface area (Å²) in [4.78, 5) is 13.1. The first-order valence-electron chi connectivity index (χ1n) is 13.1. The summed E-state index contributed by atoms with van der Waals surface area (Å²) in [6, 6.07) is 7.98. The molecule has 0 aliphatic rings. The number of aliphatic hydroxyl groups excluding tert-OH is 1. The number of carbonyl (C=O) groups is 1. The van der Waals surface area contributed by atoms with Crippen LogP contribution in [0.4, 0.5) is 0 Å². The summed E-state index contributed by atoms with van der Waals surface area (Å²) in [5.41, 5.74) is 1.31. The zero-order valence-electron chi connectivity index (χ0n) is 23.9. The molecule has 218 valence electrons. The zero-order chi connectivity index (χ0) is 28.4. The number of ketones is 1. The summed E-state index contributed by atoms with van der Waals surface area (Å²) in [6.07, 6.45) is 1.67. The van der Waals surface area contributed by atoms with Gasteiger partial charge >= 0.3 is 0 Å². The van der Waals surface area contributed by atoms with Crippen LogP contribution in [0.2, 0.25) is 0 Å². The van der Waals surface area contributed by atoms with Crippen LogP contribution in [0.3, 0.4) is 0 Å². The third-order valence-electron chi connectivity index (χ3n) is 6.47. The topological polar surface area (TPSA) is 92.7 Å². The van der Waals surface area contributed by atoms with Gasteiger partial charge in [-0.25, -0.2) is 0 Å². The average molecular weight is 604 g/mol. The van der Waals surface area contributed by atoms with Gasteiger partial charge in [-0.05, 0) is 36.6 Å². The van der Waals surface area contributed by atoms with Crippen LogP contribution in [-0.2, 0) is 38.6 Å². The van der Waals surface area contributed by atoms with Crippen molar-refractivity contribution in [2.45, 2.75) is 64.6 Å². The quantitative estimate of drug-likeness (QED) is 0.112. The summed E-state index contributed by atoms with van der Waals surface area (Å²) in [6.45, 7) is 10.6. The van der Waals surface area contributed by atoms with E-state index in [9.17, 15) is 9.90 Å². The number of ether oxygens (including phenoxy) is 6. The molecule has 3 atom stereocenters. The van der Waals surface area contributed by atoms with Crippen LogP contribution >= 0.6 is 15.9 Å². The lowest BCUT2D eigenvalue weighted by atomic mass is 9.77. The van der Waals surface area contributed by atoms with Gasteiger partial charge in [0.25, 0.3) is 0 Å². The van der Waals surface area contributed by atoms with Gasteiger partial charge in [0.2, 0.25) is 0 Å². The Morgan fingerprint density at radius 2 is 1.68 bits per heavy atom. The van der Waals surface area contributed by atoms with E-state index in [1.807, 2.05) is 51.1 Å². The normalized spacial score (nSPS) is 14.9. The maximum Gasteiger partial charge on any atom is 0.147 e. The van der Waals surface area contributed by atoms with Gasteiger partial charge in [0.05, 0.1) is 45.2 Å². The molecule has 0 saturated heterocycles. The number of benzene rings is 1. The fourth-order valence-electron chi connectivity index (χ4n) is 3.82. The molecule has 0 spiro atoms.